The number of carbonyl (C=O) groups is 1. The van der Waals surface area contributed by atoms with Crippen LogP contribution in [-0.2, 0) is 0 Å². The topological polar surface area (TPSA) is 79.5 Å². The quantitative estimate of drug-likeness (QED) is 0.509. The van der Waals surface area contributed by atoms with Crippen molar-refractivity contribution in [3.8, 4) is 0 Å². The summed E-state index contributed by atoms with van der Waals surface area (Å²) >= 11 is 0. The van der Waals surface area contributed by atoms with E-state index in [2.05, 4.69) is 36.5 Å². The minimum atomic E-state index is 0.0901. The fourth-order valence-corrected chi connectivity index (χ4v) is 3.75. The fraction of sp³-hybridized carbons (Fsp3) is 0.250. The standard InChI is InChI=1S/C20H19N7O/c1-14(28)15-6-8-16(9-7-15)25-10-12-26(13-11-25)20-18-5-3-2-4-17(18)19-21-23-24-27(19)22-20/h2-9H,10-13H2,1H3. The number of nitrogens with zero attached hydrogens (tertiary/aromatic N) is 7. The van der Waals surface area contributed by atoms with E-state index in [9.17, 15) is 4.79 Å². The first-order valence-electron chi connectivity index (χ1n) is 9.29. The first-order chi connectivity index (χ1) is 13.7. The van der Waals surface area contributed by atoms with Crippen LogP contribution < -0.4 is 9.80 Å². The first-order valence-corrected chi connectivity index (χ1v) is 9.29. The Bertz CT molecular complexity index is 1160. The van der Waals surface area contributed by atoms with Crippen LogP contribution >= 0.6 is 0 Å². The molecular formula is C20H19N7O. The lowest BCUT2D eigenvalue weighted by Crippen LogP contribution is -2.47. The highest BCUT2D eigenvalue weighted by atomic mass is 16.1. The Hall–Kier alpha value is -3.55. The highest BCUT2D eigenvalue weighted by Gasteiger charge is 2.22. The molecule has 0 N–H and O–H groups in total. The molecule has 2 aromatic heterocycles. The van der Waals surface area contributed by atoms with Gasteiger partial charge in [0.15, 0.2) is 11.6 Å². The second-order valence-corrected chi connectivity index (χ2v) is 6.94. The van der Waals surface area contributed by atoms with Gasteiger partial charge in [-0.3, -0.25) is 4.79 Å². The van der Waals surface area contributed by atoms with Crippen molar-refractivity contribution in [1.29, 1.82) is 0 Å². The minimum absolute atomic E-state index is 0.0901. The van der Waals surface area contributed by atoms with E-state index >= 15 is 0 Å². The molecule has 4 aromatic rings. The lowest BCUT2D eigenvalue weighted by Gasteiger charge is -2.37. The number of anilines is 2. The van der Waals surface area contributed by atoms with Gasteiger partial charge in [0.1, 0.15) is 0 Å². The van der Waals surface area contributed by atoms with Gasteiger partial charge in [-0.05, 0) is 41.6 Å². The summed E-state index contributed by atoms with van der Waals surface area (Å²) in [4.78, 5) is 16.1. The Morgan fingerprint density at radius 1 is 0.893 bits per heavy atom. The molecule has 0 saturated carbocycles. The number of fused-ring (bicyclic) bond motifs is 3. The van der Waals surface area contributed by atoms with Crippen LogP contribution in [0, 0.1) is 0 Å². The summed E-state index contributed by atoms with van der Waals surface area (Å²) < 4.78 is 1.50. The number of benzene rings is 2. The molecule has 0 amide bonds. The molecule has 8 heteroatoms. The van der Waals surface area contributed by atoms with E-state index in [4.69, 9.17) is 0 Å². The fourth-order valence-electron chi connectivity index (χ4n) is 3.75. The van der Waals surface area contributed by atoms with Crippen LogP contribution in [0.5, 0.6) is 0 Å². The van der Waals surface area contributed by atoms with Crippen LogP contribution in [0.25, 0.3) is 16.4 Å². The van der Waals surface area contributed by atoms with Gasteiger partial charge < -0.3 is 9.80 Å². The van der Waals surface area contributed by atoms with Crippen molar-refractivity contribution in [2.24, 2.45) is 0 Å². The zero-order chi connectivity index (χ0) is 19.1. The molecule has 1 aliphatic rings. The van der Waals surface area contributed by atoms with Crippen LogP contribution in [-0.4, -0.2) is 57.2 Å². The maximum absolute atomic E-state index is 11.5. The second-order valence-electron chi connectivity index (χ2n) is 6.94. The van der Waals surface area contributed by atoms with Crippen molar-refractivity contribution in [3.63, 3.8) is 0 Å². The molecule has 5 rings (SSSR count). The zero-order valence-electron chi connectivity index (χ0n) is 15.5. The zero-order valence-corrected chi connectivity index (χ0v) is 15.5. The van der Waals surface area contributed by atoms with E-state index in [0.717, 1.165) is 54.0 Å². The molecule has 140 valence electrons. The third-order valence-corrected chi connectivity index (χ3v) is 5.27. The monoisotopic (exact) mass is 373 g/mol. The lowest BCUT2D eigenvalue weighted by atomic mass is 10.1. The van der Waals surface area contributed by atoms with Crippen LogP contribution in [0.4, 0.5) is 11.5 Å². The molecule has 0 radical (unpaired) electrons. The number of tetrazole rings is 1. The molecule has 2 aromatic carbocycles. The average molecular weight is 373 g/mol. The predicted molar refractivity (Wildman–Crippen MR) is 107 cm³/mol. The van der Waals surface area contributed by atoms with Gasteiger partial charge in [-0.15, -0.1) is 14.8 Å². The Morgan fingerprint density at radius 3 is 2.29 bits per heavy atom. The molecule has 1 aliphatic heterocycles. The van der Waals surface area contributed by atoms with Gasteiger partial charge >= 0.3 is 0 Å². The molecule has 28 heavy (non-hydrogen) atoms. The summed E-state index contributed by atoms with van der Waals surface area (Å²) in [5.74, 6) is 0.995. The number of carbonyl (C=O) groups excluding carboxylic acids is 1. The van der Waals surface area contributed by atoms with Crippen LogP contribution in [0.2, 0.25) is 0 Å². The van der Waals surface area contributed by atoms with Crippen molar-refractivity contribution in [2.45, 2.75) is 6.92 Å². The maximum atomic E-state index is 11.5. The van der Waals surface area contributed by atoms with E-state index in [0.29, 0.717) is 5.65 Å². The smallest absolute Gasteiger partial charge is 0.207 e. The number of ketones is 1. The normalized spacial score (nSPS) is 14.8. The summed E-state index contributed by atoms with van der Waals surface area (Å²) in [6.45, 7) is 5.04. The molecule has 8 nitrogen and oxygen atoms in total. The van der Waals surface area contributed by atoms with E-state index in [-0.39, 0.29) is 5.78 Å². The van der Waals surface area contributed by atoms with Crippen LogP contribution in [0.1, 0.15) is 17.3 Å². The van der Waals surface area contributed by atoms with Crippen molar-refractivity contribution < 1.29 is 4.79 Å². The molecular weight excluding hydrogens is 354 g/mol. The molecule has 0 atom stereocenters. The largest absolute Gasteiger partial charge is 0.368 e. The van der Waals surface area contributed by atoms with Crippen molar-refractivity contribution in [2.75, 3.05) is 36.0 Å². The summed E-state index contributed by atoms with van der Waals surface area (Å²) in [6, 6.07) is 15.9. The second kappa shape index (κ2) is 6.56. The van der Waals surface area contributed by atoms with Crippen molar-refractivity contribution in [1.82, 2.24) is 25.3 Å². The lowest BCUT2D eigenvalue weighted by molar-refractivity contribution is 0.101. The Labute approximate surface area is 161 Å². The van der Waals surface area contributed by atoms with Gasteiger partial charge in [0.2, 0.25) is 5.65 Å². The third kappa shape index (κ3) is 2.74. The number of rotatable bonds is 3. The van der Waals surface area contributed by atoms with E-state index in [1.165, 1.54) is 4.63 Å². The van der Waals surface area contributed by atoms with Gasteiger partial charge in [-0.25, -0.2) is 0 Å². The van der Waals surface area contributed by atoms with Gasteiger partial charge in [-0.2, -0.15) is 0 Å². The Balaban J connectivity index is 1.41. The molecule has 0 spiro atoms. The number of piperazine rings is 1. The SMILES string of the molecule is CC(=O)c1ccc(N2CCN(c3nn4nnnc4c4ccccc34)CC2)cc1. The summed E-state index contributed by atoms with van der Waals surface area (Å²) in [5.41, 5.74) is 2.55. The van der Waals surface area contributed by atoms with E-state index in [1.54, 1.807) is 6.92 Å². The predicted octanol–water partition coefficient (Wildman–Crippen LogP) is 2.20. The minimum Gasteiger partial charge on any atom is -0.368 e. The summed E-state index contributed by atoms with van der Waals surface area (Å²) in [5, 5.41) is 18.6. The maximum Gasteiger partial charge on any atom is 0.207 e. The van der Waals surface area contributed by atoms with Crippen LogP contribution in [0.3, 0.4) is 0 Å². The Morgan fingerprint density at radius 2 is 1.57 bits per heavy atom. The van der Waals surface area contributed by atoms with Crippen molar-refractivity contribution in [3.05, 3.63) is 54.1 Å². The molecule has 0 unspecified atom stereocenters. The number of aromatic nitrogens is 5. The van der Waals surface area contributed by atoms with Crippen LogP contribution in [0.15, 0.2) is 48.5 Å². The number of hydrogen-bond donors (Lipinski definition) is 0. The van der Waals surface area contributed by atoms with Gasteiger partial charge in [-0.1, -0.05) is 24.3 Å². The first kappa shape index (κ1) is 16.6. The molecule has 3 heterocycles. The average Bonchev–Trinajstić information content (AvgIpc) is 3.22. The van der Waals surface area contributed by atoms with Crippen molar-refractivity contribution >= 4 is 33.7 Å². The highest BCUT2D eigenvalue weighted by Crippen LogP contribution is 2.28. The third-order valence-electron chi connectivity index (χ3n) is 5.27. The molecule has 1 saturated heterocycles. The Kier molecular flexibility index (Phi) is 3.89. The number of hydrogen-bond acceptors (Lipinski definition) is 7. The van der Waals surface area contributed by atoms with E-state index < -0.39 is 0 Å². The highest BCUT2D eigenvalue weighted by molar-refractivity contribution is 6.00. The summed E-state index contributed by atoms with van der Waals surface area (Å²) in [6.07, 6.45) is 0. The molecule has 1 fully saturated rings. The molecule has 0 aliphatic carbocycles. The van der Waals surface area contributed by atoms with Gasteiger partial charge in [0.05, 0.1) is 0 Å². The van der Waals surface area contributed by atoms with E-state index in [1.807, 2.05) is 42.5 Å². The van der Waals surface area contributed by atoms with Gasteiger partial charge in [0.25, 0.3) is 0 Å². The number of Topliss-reactive ketones (excluding diaryl/α,β-unsaturated/α-hetero) is 1. The summed E-state index contributed by atoms with van der Waals surface area (Å²) in [7, 11) is 0. The molecule has 0 bridgehead atoms. The van der Waals surface area contributed by atoms with Gasteiger partial charge in [0, 0.05) is 48.2 Å².